The van der Waals surface area contributed by atoms with Gasteiger partial charge in [0.15, 0.2) is 0 Å². The van der Waals surface area contributed by atoms with Gasteiger partial charge in [0.25, 0.3) is 0 Å². The maximum atomic E-state index is 12.3. The third-order valence-corrected chi connectivity index (χ3v) is 11.1. The minimum Gasteiger partial charge on any atom is -0.393 e. The zero-order valence-corrected chi connectivity index (χ0v) is 20.4. The van der Waals surface area contributed by atoms with Gasteiger partial charge in [0.1, 0.15) is 11.7 Å². The van der Waals surface area contributed by atoms with E-state index in [-0.39, 0.29) is 28.6 Å². The third-order valence-electron chi connectivity index (χ3n) is 11.1. The number of rotatable bonds is 5. The number of aliphatic hydroxyl groups excluding tert-OH is 1. The Morgan fingerprint density at radius 1 is 1.16 bits per heavy atom. The smallest absolute Gasteiger partial charge is 0.110 e. The number of ether oxygens (including phenoxy) is 1. The van der Waals surface area contributed by atoms with Crippen molar-refractivity contribution < 1.29 is 14.9 Å². The molecule has 0 aromatic rings. The summed E-state index contributed by atoms with van der Waals surface area (Å²) in [5.41, 5.74) is 1.59. The van der Waals surface area contributed by atoms with Crippen LogP contribution in [0.4, 0.5) is 0 Å². The van der Waals surface area contributed by atoms with Crippen LogP contribution in [0.25, 0.3) is 0 Å². The number of hydrogen-bond acceptors (Lipinski definition) is 3. The van der Waals surface area contributed by atoms with Crippen molar-refractivity contribution in [1.82, 2.24) is 0 Å². The molecule has 0 radical (unpaired) electrons. The van der Waals surface area contributed by atoms with Crippen LogP contribution in [0.3, 0.4) is 0 Å². The van der Waals surface area contributed by atoms with Gasteiger partial charge in [-0.15, -0.1) is 0 Å². The normalized spacial score (nSPS) is 51.3. The molecule has 2 N–H and O–H groups in total. The van der Waals surface area contributed by atoms with Crippen LogP contribution in [0, 0.1) is 34.5 Å². The van der Waals surface area contributed by atoms with Crippen LogP contribution in [0.5, 0.6) is 0 Å². The molecule has 0 aromatic heterocycles. The predicted octanol–water partition coefficient (Wildman–Crippen LogP) is 5.80. The van der Waals surface area contributed by atoms with E-state index >= 15 is 0 Å². The second kappa shape index (κ2) is 6.93. The first-order chi connectivity index (χ1) is 14.5. The van der Waals surface area contributed by atoms with Crippen molar-refractivity contribution in [2.75, 3.05) is 0 Å². The van der Waals surface area contributed by atoms with Crippen LogP contribution >= 0.6 is 0 Å². The lowest BCUT2D eigenvalue weighted by molar-refractivity contribution is -0.157. The highest BCUT2D eigenvalue weighted by Gasteiger charge is 2.78. The Hall–Kier alpha value is -0.640. The van der Waals surface area contributed by atoms with E-state index in [1.54, 1.807) is 0 Å². The van der Waals surface area contributed by atoms with Crippen molar-refractivity contribution >= 4 is 0 Å². The number of hydrogen-bond donors (Lipinski definition) is 2. The van der Waals surface area contributed by atoms with Gasteiger partial charge >= 0.3 is 0 Å². The van der Waals surface area contributed by atoms with Crippen molar-refractivity contribution in [3.63, 3.8) is 0 Å². The van der Waals surface area contributed by atoms with E-state index in [1.165, 1.54) is 30.4 Å². The molecule has 1 aliphatic heterocycles. The number of epoxide rings is 1. The third kappa shape index (κ3) is 2.81. The zero-order valence-electron chi connectivity index (χ0n) is 20.4. The van der Waals surface area contributed by atoms with Crippen molar-refractivity contribution in [2.45, 2.75) is 116 Å². The fourth-order valence-electron chi connectivity index (χ4n) is 8.74. The highest BCUT2D eigenvalue weighted by Crippen LogP contribution is 2.73. The summed E-state index contributed by atoms with van der Waals surface area (Å²) in [7, 11) is 0. The van der Waals surface area contributed by atoms with Crippen molar-refractivity contribution in [2.24, 2.45) is 34.5 Å². The van der Waals surface area contributed by atoms with E-state index in [0.717, 1.165) is 38.0 Å². The van der Waals surface area contributed by atoms with Crippen LogP contribution in [0.1, 0.15) is 92.4 Å². The van der Waals surface area contributed by atoms with Gasteiger partial charge in [0.2, 0.25) is 0 Å². The molecule has 4 fully saturated rings. The first-order valence-corrected chi connectivity index (χ1v) is 13.0. The Labute approximate surface area is 189 Å². The monoisotopic (exact) mass is 428 g/mol. The Bertz CT molecular complexity index is 800. The second-order valence-electron chi connectivity index (χ2n) is 12.7. The Kier molecular flexibility index (Phi) is 4.96. The molecule has 0 amide bonds. The predicted molar refractivity (Wildman–Crippen MR) is 125 cm³/mol. The summed E-state index contributed by atoms with van der Waals surface area (Å²) in [6.07, 6.45) is 11.2. The molecule has 5 aliphatic rings. The summed E-state index contributed by atoms with van der Waals surface area (Å²) in [5, 5.41) is 22.7. The summed E-state index contributed by atoms with van der Waals surface area (Å²) in [5.74, 6) is 2.45. The van der Waals surface area contributed by atoms with Gasteiger partial charge in [0.05, 0.1) is 11.7 Å². The standard InChI is InChI=1S/C28H44O3/c1-17(2)18(3)7-8-19(4)21-9-10-22-23-15-24-28(31-24)16-20(29)11-12-26(28,6)27(23,30)14-13-25(21,22)5/h15,17,19-22,24,29-30H,3,7-14,16H2,1-2,4-6H3. The van der Waals surface area contributed by atoms with Gasteiger partial charge in [-0.25, -0.2) is 0 Å². The van der Waals surface area contributed by atoms with E-state index in [9.17, 15) is 10.2 Å². The molecule has 174 valence electrons. The molecule has 3 heteroatoms. The van der Waals surface area contributed by atoms with E-state index in [0.29, 0.717) is 24.2 Å². The van der Waals surface area contributed by atoms with Gasteiger partial charge in [0, 0.05) is 11.8 Å². The fourth-order valence-corrected chi connectivity index (χ4v) is 8.74. The molecular formula is C28H44O3. The van der Waals surface area contributed by atoms with Gasteiger partial charge in [-0.3, -0.25) is 0 Å². The molecule has 9 atom stereocenters. The maximum absolute atomic E-state index is 12.3. The average molecular weight is 429 g/mol. The largest absolute Gasteiger partial charge is 0.393 e. The summed E-state index contributed by atoms with van der Waals surface area (Å²) in [6, 6.07) is 0. The molecule has 31 heavy (non-hydrogen) atoms. The van der Waals surface area contributed by atoms with E-state index in [2.05, 4.69) is 47.3 Å². The Morgan fingerprint density at radius 3 is 2.61 bits per heavy atom. The summed E-state index contributed by atoms with van der Waals surface area (Å²) >= 11 is 0. The lowest BCUT2D eigenvalue weighted by Gasteiger charge is -2.60. The lowest BCUT2D eigenvalue weighted by atomic mass is 9.45. The van der Waals surface area contributed by atoms with Crippen LogP contribution in [0.2, 0.25) is 0 Å². The van der Waals surface area contributed by atoms with Crippen LogP contribution in [0.15, 0.2) is 23.8 Å². The first-order valence-electron chi connectivity index (χ1n) is 13.0. The van der Waals surface area contributed by atoms with Crippen molar-refractivity contribution in [3.8, 4) is 0 Å². The van der Waals surface area contributed by atoms with E-state index in [4.69, 9.17) is 4.74 Å². The van der Waals surface area contributed by atoms with Crippen molar-refractivity contribution in [1.29, 1.82) is 0 Å². The summed E-state index contributed by atoms with van der Waals surface area (Å²) < 4.78 is 6.34. The molecule has 3 nitrogen and oxygen atoms in total. The minimum atomic E-state index is -0.769. The molecule has 1 spiro atoms. The molecular weight excluding hydrogens is 384 g/mol. The molecule has 3 saturated carbocycles. The van der Waals surface area contributed by atoms with Crippen LogP contribution in [-0.2, 0) is 4.74 Å². The molecule has 9 unspecified atom stereocenters. The molecule has 0 bridgehead atoms. The molecule has 5 rings (SSSR count). The topological polar surface area (TPSA) is 53.0 Å². The fraction of sp³-hybridized carbons (Fsp3) is 0.857. The summed E-state index contributed by atoms with van der Waals surface area (Å²) in [4.78, 5) is 0. The van der Waals surface area contributed by atoms with Gasteiger partial charge in [-0.2, -0.15) is 0 Å². The number of aliphatic hydroxyl groups is 2. The van der Waals surface area contributed by atoms with Crippen LogP contribution < -0.4 is 0 Å². The van der Waals surface area contributed by atoms with Gasteiger partial charge < -0.3 is 14.9 Å². The number of fused-ring (bicyclic) bond motifs is 4. The van der Waals surface area contributed by atoms with E-state index < -0.39 is 5.60 Å². The average Bonchev–Trinajstić information content (AvgIpc) is 3.29. The Balaban J connectivity index is 1.41. The maximum Gasteiger partial charge on any atom is 0.110 e. The van der Waals surface area contributed by atoms with Crippen molar-refractivity contribution in [3.05, 3.63) is 23.8 Å². The summed E-state index contributed by atoms with van der Waals surface area (Å²) in [6.45, 7) is 16.1. The highest BCUT2D eigenvalue weighted by molar-refractivity contribution is 5.44. The van der Waals surface area contributed by atoms with Gasteiger partial charge in [-0.1, -0.05) is 52.8 Å². The van der Waals surface area contributed by atoms with Gasteiger partial charge in [-0.05, 0) is 86.0 Å². The lowest BCUT2D eigenvalue weighted by Crippen LogP contribution is -2.65. The quantitative estimate of drug-likeness (QED) is 0.430. The zero-order chi connectivity index (χ0) is 22.4. The minimum absolute atomic E-state index is 0.0934. The first kappa shape index (κ1) is 22.2. The van der Waals surface area contributed by atoms with Crippen LogP contribution in [-0.4, -0.2) is 33.6 Å². The molecule has 1 heterocycles. The highest BCUT2D eigenvalue weighted by atomic mass is 16.6. The second-order valence-corrected chi connectivity index (χ2v) is 12.7. The molecule has 1 saturated heterocycles. The molecule has 0 aromatic carbocycles. The van der Waals surface area contributed by atoms with E-state index in [1.807, 2.05) is 0 Å². The molecule has 4 aliphatic carbocycles. The number of allylic oxidation sites excluding steroid dienone is 1. The Morgan fingerprint density at radius 2 is 1.90 bits per heavy atom. The SMILES string of the molecule is C=C(CCC(C)C1CCC2C3=CC4OC45CC(O)CCC5(C)C3(O)CCC21C)C(C)C.